The maximum atomic E-state index is 13.4. The van der Waals surface area contributed by atoms with Crippen LogP contribution in [0.1, 0.15) is 64.2 Å². The van der Waals surface area contributed by atoms with Gasteiger partial charge in [0.1, 0.15) is 0 Å². The topological polar surface area (TPSA) is 132 Å². The monoisotopic (exact) mass is 521 g/mol. The molecule has 2 fully saturated rings. The van der Waals surface area contributed by atoms with E-state index in [-0.39, 0.29) is 61.3 Å². The van der Waals surface area contributed by atoms with E-state index < -0.39 is 12.0 Å². The minimum atomic E-state index is -0.948. The lowest BCUT2D eigenvalue weighted by atomic mass is 9.96. The molecule has 11 heteroatoms. The molecule has 9 nitrogen and oxygen atoms in total. The van der Waals surface area contributed by atoms with Gasteiger partial charge in [0.05, 0.1) is 18.6 Å². The van der Waals surface area contributed by atoms with Gasteiger partial charge >= 0.3 is 5.97 Å². The third-order valence-electron chi connectivity index (χ3n) is 6.88. The highest BCUT2D eigenvalue weighted by Gasteiger charge is 2.34. The first-order valence-electron chi connectivity index (χ1n) is 12.1. The Labute approximate surface area is 215 Å². The molecule has 0 bridgehead atoms. The molecule has 3 aliphatic rings. The number of amides is 1. The zero-order valence-corrected chi connectivity index (χ0v) is 21.5. The number of allylic oxidation sites excluding steroid dienone is 1. The van der Waals surface area contributed by atoms with Gasteiger partial charge in [0.15, 0.2) is 5.96 Å². The summed E-state index contributed by atoms with van der Waals surface area (Å²) < 4.78 is 6.10. The van der Waals surface area contributed by atoms with Gasteiger partial charge < -0.3 is 30.7 Å². The average Bonchev–Trinajstić information content (AvgIpc) is 2.79. The Morgan fingerprint density at radius 1 is 1.12 bits per heavy atom. The van der Waals surface area contributed by atoms with Gasteiger partial charge in [0.2, 0.25) is 5.91 Å². The van der Waals surface area contributed by atoms with E-state index in [2.05, 4.69) is 17.5 Å². The highest BCUT2D eigenvalue weighted by atomic mass is 35.5. The Balaban J connectivity index is 0.00000289. The number of hydrogen-bond donors (Lipinski definition) is 4. The SMILES string of the molecule is Cl.Cl.N=C(N)N1CCC(OCC[C@@H]2CCCCN2C(=O)[C@H](CC(=O)O)NC2CC=CCC2)CC1. The van der Waals surface area contributed by atoms with E-state index in [0.29, 0.717) is 13.2 Å². The number of ether oxygens (including phenoxy) is 1. The van der Waals surface area contributed by atoms with Crippen LogP contribution in [0.2, 0.25) is 0 Å². The number of carboxylic acid groups (broad SMARTS) is 1. The fraction of sp³-hybridized carbons (Fsp3) is 0.783. The van der Waals surface area contributed by atoms with Crippen LogP contribution in [0.4, 0.5) is 0 Å². The first-order valence-corrected chi connectivity index (χ1v) is 12.1. The first-order chi connectivity index (χ1) is 15.4. The zero-order chi connectivity index (χ0) is 22.9. The predicted octanol–water partition coefficient (Wildman–Crippen LogP) is 2.52. The summed E-state index contributed by atoms with van der Waals surface area (Å²) >= 11 is 0. The van der Waals surface area contributed by atoms with Crippen LogP contribution < -0.4 is 11.1 Å². The largest absolute Gasteiger partial charge is 0.481 e. The third-order valence-corrected chi connectivity index (χ3v) is 6.88. The number of nitrogens with one attached hydrogen (secondary N) is 2. The molecule has 2 aliphatic heterocycles. The molecule has 1 unspecified atom stereocenters. The van der Waals surface area contributed by atoms with Crippen LogP contribution in [0, 0.1) is 5.41 Å². The first kappa shape index (κ1) is 30.5. The number of carbonyl (C=O) groups excluding carboxylic acids is 1. The average molecular weight is 523 g/mol. The van der Waals surface area contributed by atoms with Gasteiger partial charge in [0, 0.05) is 38.3 Å². The standard InChI is InChI=1S/C23H39N5O4.2ClH/c24-23(25)27-13-9-19(10-14-27)32-15-11-18-8-4-5-12-28(18)22(31)20(16-21(29)30)26-17-6-2-1-3-7-17;;/h1-2,17-20,26H,3-16H2,(H3,24,25)(H,29,30);2*1H/t17?,18-,20-;;/m0../s1. The number of carboxylic acids is 1. The maximum Gasteiger partial charge on any atom is 0.305 e. The van der Waals surface area contributed by atoms with Crippen LogP contribution in [0.3, 0.4) is 0 Å². The summed E-state index contributed by atoms with van der Waals surface area (Å²) in [6.45, 7) is 2.76. The van der Waals surface area contributed by atoms with E-state index in [1.54, 1.807) is 0 Å². The second-order valence-corrected chi connectivity index (χ2v) is 9.21. The Hall–Kier alpha value is -1.55. The predicted molar refractivity (Wildman–Crippen MR) is 137 cm³/mol. The number of likely N-dealkylation sites (tertiary alicyclic amines) is 2. The smallest absolute Gasteiger partial charge is 0.305 e. The number of carbonyl (C=O) groups is 2. The summed E-state index contributed by atoms with van der Waals surface area (Å²) in [7, 11) is 0. The molecule has 196 valence electrons. The molecule has 0 radical (unpaired) electrons. The molecule has 3 rings (SSSR count). The second-order valence-electron chi connectivity index (χ2n) is 9.21. The molecule has 0 aromatic carbocycles. The van der Waals surface area contributed by atoms with Crippen LogP contribution in [0.15, 0.2) is 12.2 Å². The van der Waals surface area contributed by atoms with Crippen molar-refractivity contribution in [3.63, 3.8) is 0 Å². The van der Waals surface area contributed by atoms with E-state index in [9.17, 15) is 14.7 Å². The molecule has 3 atom stereocenters. The lowest BCUT2D eigenvalue weighted by molar-refractivity contribution is -0.145. The lowest BCUT2D eigenvalue weighted by Crippen LogP contribution is -2.55. The Morgan fingerprint density at radius 3 is 2.47 bits per heavy atom. The number of aliphatic carboxylic acids is 1. The number of piperidine rings is 2. The number of nitrogens with two attached hydrogens (primary N) is 1. The molecule has 34 heavy (non-hydrogen) atoms. The second kappa shape index (κ2) is 15.4. The number of guanidine groups is 1. The normalized spacial score (nSPS) is 24.0. The van der Waals surface area contributed by atoms with Crippen molar-refractivity contribution in [1.29, 1.82) is 5.41 Å². The Morgan fingerprint density at radius 2 is 1.85 bits per heavy atom. The number of nitrogens with zero attached hydrogens (tertiary/aromatic N) is 2. The van der Waals surface area contributed by atoms with Crippen molar-refractivity contribution in [1.82, 2.24) is 15.1 Å². The highest BCUT2D eigenvalue weighted by molar-refractivity contribution is 5.86. The van der Waals surface area contributed by atoms with Crippen LogP contribution in [0.5, 0.6) is 0 Å². The van der Waals surface area contributed by atoms with Crippen LogP contribution in [0.25, 0.3) is 0 Å². The van der Waals surface area contributed by atoms with E-state index in [4.69, 9.17) is 15.9 Å². The molecule has 2 saturated heterocycles. The van der Waals surface area contributed by atoms with Crippen LogP contribution >= 0.6 is 24.8 Å². The third kappa shape index (κ3) is 9.24. The molecule has 1 aliphatic carbocycles. The Bertz CT molecular complexity index is 688. The summed E-state index contributed by atoms with van der Waals surface area (Å²) in [5.74, 6) is -0.911. The molecule has 0 aromatic rings. The van der Waals surface area contributed by atoms with Gasteiger partial charge in [-0.1, -0.05) is 12.2 Å². The van der Waals surface area contributed by atoms with Crippen molar-refractivity contribution in [3.8, 4) is 0 Å². The van der Waals surface area contributed by atoms with Crippen LogP contribution in [-0.2, 0) is 14.3 Å². The van der Waals surface area contributed by atoms with E-state index in [1.807, 2.05) is 9.80 Å². The fourth-order valence-corrected chi connectivity index (χ4v) is 5.05. The highest BCUT2D eigenvalue weighted by Crippen LogP contribution is 2.23. The van der Waals surface area contributed by atoms with Crippen molar-refractivity contribution in [2.45, 2.75) is 88.4 Å². The molecular formula is C23H41Cl2N5O4. The summed E-state index contributed by atoms with van der Waals surface area (Å²) in [5, 5.41) is 20.3. The number of halogens is 2. The summed E-state index contributed by atoms with van der Waals surface area (Å²) in [6.07, 6.45) is 12.4. The molecule has 5 N–H and O–H groups in total. The van der Waals surface area contributed by atoms with Crippen molar-refractivity contribution in [2.24, 2.45) is 5.73 Å². The minimum Gasteiger partial charge on any atom is -0.481 e. The van der Waals surface area contributed by atoms with Crippen molar-refractivity contribution in [3.05, 3.63) is 12.2 Å². The molecule has 0 spiro atoms. The molecule has 0 aromatic heterocycles. The van der Waals surface area contributed by atoms with Crippen LogP contribution in [-0.4, -0.2) is 83.2 Å². The van der Waals surface area contributed by atoms with E-state index in [0.717, 1.165) is 70.9 Å². The van der Waals surface area contributed by atoms with Crippen molar-refractivity contribution >= 4 is 42.7 Å². The lowest BCUT2D eigenvalue weighted by Gasteiger charge is -2.39. The quantitative estimate of drug-likeness (QED) is 0.208. The van der Waals surface area contributed by atoms with Crippen molar-refractivity contribution < 1.29 is 19.4 Å². The minimum absolute atomic E-state index is 0. The Kier molecular flexibility index (Phi) is 13.8. The van der Waals surface area contributed by atoms with Gasteiger partial charge in [-0.05, 0) is 57.8 Å². The zero-order valence-electron chi connectivity index (χ0n) is 19.8. The van der Waals surface area contributed by atoms with Gasteiger partial charge in [-0.15, -0.1) is 24.8 Å². The molecule has 1 amide bonds. The summed E-state index contributed by atoms with van der Waals surface area (Å²) in [5.41, 5.74) is 5.55. The molecule has 2 heterocycles. The number of hydrogen-bond acceptors (Lipinski definition) is 5. The summed E-state index contributed by atoms with van der Waals surface area (Å²) in [4.78, 5) is 28.6. The van der Waals surface area contributed by atoms with Gasteiger partial charge in [-0.2, -0.15) is 0 Å². The van der Waals surface area contributed by atoms with Crippen molar-refractivity contribution in [2.75, 3.05) is 26.2 Å². The van der Waals surface area contributed by atoms with Gasteiger partial charge in [-0.3, -0.25) is 15.0 Å². The van der Waals surface area contributed by atoms with E-state index >= 15 is 0 Å². The van der Waals surface area contributed by atoms with E-state index in [1.165, 1.54) is 0 Å². The fourth-order valence-electron chi connectivity index (χ4n) is 5.05. The number of rotatable bonds is 9. The van der Waals surface area contributed by atoms with Gasteiger partial charge in [0.25, 0.3) is 0 Å². The van der Waals surface area contributed by atoms with Gasteiger partial charge in [-0.25, -0.2) is 0 Å². The molecular weight excluding hydrogens is 481 g/mol. The summed E-state index contributed by atoms with van der Waals surface area (Å²) in [6, 6.07) is -0.430. The molecule has 0 saturated carbocycles. The maximum absolute atomic E-state index is 13.4.